The zero-order chi connectivity index (χ0) is 28.2. The van der Waals surface area contributed by atoms with Gasteiger partial charge in [0.15, 0.2) is 0 Å². The standard InChI is InChI=1S/C28H26FN3O7/c29-22-12-8-19(9-13-22)14-23(27(36)32-24(28(37)38)15-18-4-2-1-3-5-18)31-26(35)21-10-6-20(7-11-21)16-30-39-17-25(33)34/h1-13,16,23-24H,14-15,17H2,(H,31,35)(H,32,36)(H,33,34)(H,37,38)/b30-16+/t23-,24-/m0/s1. The minimum atomic E-state index is -1.24. The second-order valence-electron chi connectivity index (χ2n) is 8.47. The van der Waals surface area contributed by atoms with Gasteiger partial charge < -0.3 is 25.7 Å². The molecule has 0 spiro atoms. The predicted molar refractivity (Wildman–Crippen MR) is 139 cm³/mol. The van der Waals surface area contributed by atoms with Gasteiger partial charge in [-0.15, -0.1) is 0 Å². The lowest BCUT2D eigenvalue weighted by Crippen LogP contribution is -2.53. The zero-order valence-corrected chi connectivity index (χ0v) is 20.6. The Balaban J connectivity index is 1.73. The van der Waals surface area contributed by atoms with Gasteiger partial charge in [-0.25, -0.2) is 14.0 Å². The lowest BCUT2D eigenvalue weighted by molar-refractivity contribution is -0.142. The minimum absolute atomic E-state index is 0.0127. The first-order valence-electron chi connectivity index (χ1n) is 11.8. The van der Waals surface area contributed by atoms with Crippen molar-refractivity contribution >= 4 is 30.0 Å². The maximum Gasteiger partial charge on any atom is 0.344 e. The van der Waals surface area contributed by atoms with Gasteiger partial charge in [0, 0.05) is 18.4 Å². The normalized spacial score (nSPS) is 12.3. The number of carboxylic acid groups (broad SMARTS) is 2. The molecular weight excluding hydrogens is 509 g/mol. The van der Waals surface area contributed by atoms with E-state index < -0.39 is 48.3 Å². The molecule has 0 unspecified atom stereocenters. The second-order valence-corrected chi connectivity index (χ2v) is 8.47. The molecule has 4 N–H and O–H groups in total. The van der Waals surface area contributed by atoms with Gasteiger partial charge in [-0.2, -0.15) is 0 Å². The Morgan fingerprint density at radius 1 is 0.821 bits per heavy atom. The van der Waals surface area contributed by atoms with E-state index in [1.54, 1.807) is 30.3 Å². The molecule has 0 aliphatic heterocycles. The fourth-order valence-corrected chi connectivity index (χ4v) is 3.54. The highest BCUT2D eigenvalue weighted by Crippen LogP contribution is 2.10. The summed E-state index contributed by atoms with van der Waals surface area (Å²) in [6.07, 6.45) is 1.30. The molecule has 0 saturated heterocycles. The molecule has 2 amide bonds. The van der Waals surface area contributed by atoms with E-state index in [1.165, 1.54) is 54.7 Å². The van der Waals surface area contributed by atoms with Gasteiger partial charge in [-0.05, 0) is 41.0 Å². The first-order valence-corrected chi connectivity index (χ1v) is 11.8. The minimum Gasteiger partial charge on any atom is -0.480 e. The summed E-state index contributed by atoms with van der Waals surface area (Å²) in [5.74, 6) is -4.18. The molecule has 10 nitrogen and oxygen atoms in total. The van der Waals surface area contributed by atoms with Gasteiger partial charge in [0.1, 0.15) is 17.9 Å². The van der Waals surface area contributed by atoms with Crippen LogP contribution in [0.5, 0.6) is 0 Å². The smallest absolute Gasteiger partial charge is 0.344 e. The Morgan fingerprint density at radius 2 is 1.44 bits per heavy atom. The van der Waals surface area contributed by atoms with Crippen LogP contribution in [0.3, 0.4) is 0 Å². The summed E-state index contributed by atoms with van der Waals surface area (Å²) in [7, 11) is 0. The number of halogens is 1. The van der Waals surface area contributed by atoms with Crippen molar-refractivity contribution < 1.29 is 38.6 Å². The van der Waals surface area contributed by atoms with Crippen LogP contribution in [-0.4, -0.2) is 58.9 Å². The van der Waals surface area contributed by atoms with E-state index in [4.69, 9.17) is 5.11 Å². The molecule has 11 heteroatoms. The number of nitrogens with zero attached hydrogens (tertiary/aromatic N) is 1. The third kappa shape index (κ3) is 9.39. The molecule has 3 rings (SSSR count). The van der Waals surface area contributed by atoms with Gasteiger partial charge in [0.25, 0.3) is 5.91 Å². The lowest BCUT2D eigenvalue weighted by atomic mass is 10.0. The Morgan fingerprint density at radius 3 is 2.05 bits per heavy atom. The topological polar surface area (TPSA) is 154 Å². The number of amides is 2. The van der Waals surface area contributed by atoms with Gasteiger partial charge in [-0.1, -0.05) is 59.8 Å². The maximum atomic E-state index is 13.4. The molecule has 0 radical (unpaired) electrons. The van der Waals surface area contributed by atoms with E-state index >= 15 is 0 Å². The van der Waals surface area contributed by atoms with Gasteiger partial charge in [0.05, 0.1) is 6.21 Å². The summed E-state index contributed by atoms with van der Waals surface area (Å²) in [6, 6.07) is 17.8. The van der Waals surface area contributed by atoms with Gasteiger partial charge in [-0.3, -0.25) is 9.59 Å². The number of carbonyl (C=O) groups is 4. The summed E-state index contributed by atoms with van der Waals surface area (Å²) in [5.41, 5.74) is 2.00. The van der Waals surface area contributed by atoms with Crippen LogP contribution in [0.2, 0.25) is 0 Å². The summed E-state index contributed by atoms with van der Waals surface area (Å²) in [5, 5.41) is 26.9. The highest BCUT2D eigenvalue weighted by Gasteiger charge is 2.27. The third-order valence-electron chi connectivity index (χ3n) is 5.51. The molecule has 0 aliphatic rings. The van der Waals surface area contributed by atoms with Crippen molar-refractivity contribution in [2.45, 2.75) is 24.9 Å². The average Bonchev–Trinajstić information content (AvgIpc) is 2.92. The van der Waals surface area contributed by atoms with Crippen LogP contribution in [0.4, 0.5) is 4.39 Å². The van der Waals surface area contributed by atoms with Crippen LogP contribution in [0.15, 0.2) is 84.0 Å². The third-order valence-corrected chi connectivity index (χ3v) is 5.51. The Bertz CT molecular complexity index is 1310. The van der Waals surface area contributed by atoms with Crippen LogP contribution >= 0.6 is 0 Å². The van der Waals surface area contributed by atoms with Crippen LogP contribution in [-0.2, 0) is 32.1 Å². The number of hydrogen-bond acceptors (Lipinski definition) is 6. The zero-order valence-electron chi connectivity index (χ0n) is 20.6. The highest BCUT2D eigenvalue weighted by molar-refractivity contribution is 5.98. The van der Waals surface area contributed by atoms with Gasteiger partial charge >= 0.3 is 11.9 Å². The van der Waals surface area contributed by atoms with Crippen molar-refractivity contribution in [3.05, 3.63) is 107 Å². The van der Waals surface area contributed by atoms with Crippen molar-refractivity contribution in [3.63, 3.8) is 0 Å². The van der Waals surface area contributed by atoms with Crippen molar-refractivity contribution in [2.75, 3.05) is 6.61 Å². The molecular formula is C28H26FN3O7. The number of nitrogens with one attached hydrogen (secondary N) is 2. The summed E-state index contributed by atoms with van der Waals surface area (Å²) in [6.45, 7) is -0.595. The van der Waals surface area contributed by atoms with E-state index in [1.807, 2.05) is 0 Å². The number of rotatable bonds is 13. The molecule has 0 bridgehead atoms. The number of carbonyl (C=O) groups excluding carboxylic acids is 2. The summed E-state index contributed by atoms with van der Waals surface area (Å²) < 4.78 is 13.4. The molecule has 39 heavy (non-hydrogen) atoms. The maximum absolute atomic E-state index is 13.4. The van der Waals surface area contributed by atoms with Gasteiger partial charge in [0.2, 0.25) is 12.5 Å². The monoisotopic (exact) mass is 535 g/mol. The van der Waals surface area contributed by atoms with E-state index in [-0.39, 0.29) is 18.4 Å². The Labute approximate surface area is 223 Å². The summed E-state index contributed by atoms with van der Waals surface area (Å²) >= 11 is 0. The largest absolute Gasteiger partial charge is 0.480 e. The summed E-state index contributed by atoms with van der Waals surface area (Å²) in [4.78, 5) is 53.1. The van der Waals surface area contributed by atoms with E-state index in [2.05, 4.69) is 20.6 Å². The predicted octanol–water partition coefficient (Wildman–Crippen LogP) is 2.41. The Kier molecular flexibility index (Phi) is 10.3. The number of hydrogen-bond donors (Lipinski definition) is 4. The first-order chi connectivity index (χ1) is 18.7. The quantitative estimate of drug-likeness (QED) is 0.194. The second kappa shape index (κ2) is 14.0. The molecule has 0 fully saturated rings. The average molecular weight is 536 g/mol. The van der Waals surface area contributed by atoms with Crippen molar-refractivity contribution in [2.24, 2.45) is 5.16 Å². The van der Waals surface area contributed by atoms with Crippen molar-refractivity contribution in [1.82, 2.24) is 10.6 Å². The molecule has 3 aromatic rings. The van der Waals surface area contributed by atoms with E-state index in [0.29, 0.717) is 16.7 Å². The van der Waals surface area contributed by atoms with Crippen molar-refractivity contribution in [1.29, 1.82) is 0 Å². The van der Waals surface area contributed by atoms with E-state index in [9.17, 15) is 28.7 Å². The van der Waals surface area contributed by atoms with Crippen LogP contribution < -0.4 is 10.6 Å². The number of benzene rings is 3. The molecule has 0 heterocycles. The number of aliphatic carboxylic acids is 2. The highest BCUT2D eigenvalue weighted by atomic mass is 19.1. The fraction of sp³-hybridized carbons (Fsp3) is 0.179. The molecule has 3 aromatic carbocycles. The van der Waals surface area contributed by atoms with Crippen LogP contribution in [0.1, 0.15) is 27.0 Å². The molecule has 0 saturated carbocycles. The molecule has 202 valence electrons. The van der Waals surface area contributed by atoms with Crippen LogP contribution in [0.25, 0.3) is 0 Å². The van der Waals surface area contributed by atoms with E-state index in [0.717, 1.165) is 0 Å². The lowest BCUT2D eigenvalue weighted by Gasteiger charge is -2.22. The SMILES string of the molecule is O=C(O)CO/N=C/c1ccc(C(=O)N[C@@H](Cc2ccc(F)cc2)C(=O)N[C@@H](Cc2ccccc2)C(=O)O)cc1. The molecule has 2 atom stereocenters. The first kappa shape index (κ1) is 28.5. The molecule has 0 aromatic heterocycles. The fourth-order valence-electron chi connectivity index (χ4n) is 3.54. The van der Waals surface area contributed by atoms with Crippen molar-refractivity contribution in [3.8, 4) is 0 Å². The number of carboxylic acids is 2. The van der Waals surface area contributed by atoms with Crippen LogP contribution in [0, 0.1) is 5.82 Å². The molecule has 0 aliphatic carbocycles. The number of oxime groups is 1. The Hall–Kier alpha value is -5.06.